The minimum absolute atomic E-state index is 0.267. The van der Waals surface area contributed by atoms with Gasteiger partial charge in [-0.2, -0.15) is 0 Å². The van der Waals surface area contributed by atoms with Crippen LogP contribution in [0.2, 0.25) is 0 Å². The summed E-state index contributed by atoms with van der Waals surface area (Å²) in [7, 11) is 0. The SMILES string of the molecule is OCCNC1CCN(C2CCCC2)CC1. The minimum Gasteiger partial charge on any atom is -0.395 e. The molecule has 0 aromatic carbocycles. The number of hydrogen-bond acceptors (Lipinski definition) is 3. The second-order valence-electron chi connectivity index (χ2n) is 4.93. The van der Waals surface area contributed by atoms with Crippen LogP contribution in [0.3, 0.4) is 0 Å². The van der Waals surface area contributed by atoms with Crippen LogP contribution in [-0.4, -0.2) is 48.3 Å². The molecule has 0 bridgehead atoms. The second kappa shape index (κ2) is 5.83. The van der Waals surface area contributed by atoms with Crippen molar-refractivity contribution in [1.82, 2.24) is 10.2 Å². The zero-order valence-corrected chi connectivity index (χ0v) is 9.62. The summed E-state index contributed by atoms with van der Waals surface area (Å²) in [6.07, 6.45) is 8.25. The van der Waals surface area contributed by atoms with Gasteiger partial charge in [-0.3, -0.25) is 0 Å². The largest absolute Gasteiger partial charge is 0.395 e. The first-order valence-electron chi connectivity index (χ1n) is 6.48. The first kappa shape index (κ1) is 11.4. The number of piperidine rings is 1. The molecule has 1 aliphatic heterocycles. The van der Waals surface area contributed by atoms with E-state index in [4.69, 9.17) is 5.11 Å². The quantitative estimate of drug-likeness (QED) is 0.729. The smallest absolute Gasteiger partial charge is 0.0556 e. The van der Waals surface area contributed by atoms with Gasteiger partial charge >= 0.3 is 0 Å². The van der Waals surface area contributed by atoms with E-state index in [1.165, 1.54) is 51.6 Å². The molecular weight excluding hydrogens is 188 g/mol. The summed E-state index contributed by atoms with van der Waals surface area (Å²) in [5.41, 5.74) is 0. The van der Waals surface area contributed by atoms with E-state index in [1.807, 2.05) is 0 Å². The number of aliphatic hydroxyl groups is 1. The Labute approximate surface area is 92.8 Å². The van der Waals surface area contributed by atoms with E-state index in [9.17, 15) is 0 Å². The topological polar surface area (TPSA) is 35.5 Å². The summed E-state index contributed by atoms with van der Waals surface area (Å²) in [5, 5.41) is 12.2. The lowest BCUT2D eigenvalue weighted by Gasteiger charge is -2.36. The molecule has 1 heterocycles. The summed E-state index contributed by atoms with van der Waals surface area (Å²) in [6, 6.07) is 1.54. The van der Waals surface area contributed by atoms with Crippen molar-refractivity contribution in [2.24, 2.45) is 0 Å². The van der Waals surface area contributed by atoms with Gasteiger partial charge in [0.05, 0.1) is 6.61 Å². The van der Waals surface area contributed by atoms with Crippen LogP contribution in [0.5, 0.6) is 0 Å². The van der Waals surface area contributed by atoms with Crippen molar-refractivity contribution in [3.8, 4) is 0 Å². The molecular formula is C12H24N2O. The van der Waals surface area contributed by atoms with Crippen LogP contribution in [0.1, 0.15) is 38.5 Å². The Morgan fingerprint density at radius 3 is 2.33 bits per heavy atom. The third kappa shape index (κ3) is 3.16. The van der Waals surface area contributed by atoms with Crippen molar-refractivity contribution in [2.45, 2.75) is 50.6 Å². The molecule has 1 saturated heterocycles. The summed E-state index contributed by atoms with van der Waals surface area (Å²) in [6.45, 7) is 3.54. The number of hydrogen-bond donors (Lipinski definition) is 2. The molecule has 0 atom stereocenters. The van der Waals surface area contributed by atoms with Gasteiger partial charge in [-0.1, -0.05) is 12.8 Å². The average molecular weight is 212 g/mol. The van der Waals surface area contributed by atoms with Gasteiger partial charge < -0.3 is 15.3 Å². The highest BCUT2D eigenvalue weighted by atomic mass is 16.3. The Hall–Kier alpha value is -0.120. The minimum atomic E-state index is 0.267. The van der Waals surface area contributed by atoms with E-state index in [0.29, 0.717) is 6.04 Å². The highest BCUT2D eigenvalue weighted by Gasteiger charge is 2.26. The monoisotopic (exact) mass is 212 g/mol. The van der Waals surface area contributed by atoms with E-state index >= 15 is 0 Å². The molecule has 3 nitrogen and oxygen atoms in total. The fraction of sp³-hybridized carbons (Fsp3) is 1.00. The van der Waals surface area contributed by atoms with Gasteiger partial charge in [-0.25, -0.2) is 0 Å². The van der Waals surface area contributed by atoms with E-state index < -0.39 is 0 Å². The van der Waals surface area contributed by atoms with Gasteiger partial charge in [-0.05, 0) is 38.8 Å². The number of nitrogens with zero attached hydrogens (tertiary/aromatic N) is 1. The first-order chi connectivity index (χ1) is 7.40. The lowest BCUT2D eigenvalue weighted by molar-refractivity contribution is 0.142. The maximum Gasteiger partial charge on any atom is 0.0556 e. The van der Waals surface area contributed by atoms with Crippen LogP contribution in [0.25, 0.3) is 0 Å². The fourth-order valence-corrected chi connectivity index (χ4v) is 3.01. The molecule has 0 unspecified atom stereocenters. The highest BCUT2D eigenvalue weighted by molar-refractivity contribution is 4.83. The van der Waals surface area contributed by atoms with Gasteiger partial charge in [0.15, 0.2) is 0 Å². The molecule has 0 aromatic heterocycles. The molecule has 15 heavy (non-hydrogen) atoms. The molecule has 2 aliphatic rings. The zero-order valence-electron chi connectivity index (χ0n) is 9.62. The zero-order chi connectivity index (χ0) is 10.5. The molecule has 2 N–H and O–H groups in total. The van der Waals surface area contributed by atoms with Gasteiger partial charge in [0, 0.05) is 18.6 Å². The van der Waals surface area contributed by atoms with E-state index in [-0.39, 0.29) is 6.61 Å². The second-order valence-corrected chi connectivity index (χ2v) is 4.93. The van der Waals surface area contributed by atoms with Gasteiger partial charge in [-0.15, -0.1) is 0 Å². The van der Waals surface area contributed by atoms with Crippen LogP contribution < -0.4 is 5.32 Å². The molecule has 2 fully saturated rings. The van der Waals surface area contributed by atoms with Crippen LogP contribution in [-0.2, 0) is 0 Å². The number of rotatable bonds is 4. The molecule has 1 aliphatic carbocycles. The third-order valence-electron chi connectivity index (χ3n) is 3.92. The standard InChI is InChI=1S/C12H24N2O/c15-10-7-13-11-5-8-14(9-6-11)12-3-1-2-4-12/h11-13,15H,1-10H2. The van der Waals surface area contributed by atoms with Crippen LogP contribution in [0.15, 0.2) is 0 Å². The van der Waals surface area contributed by atoms with Crippen LogP contribution >= 0.6 is 0 Å². The van der Waals surface area contributed by atoms with E-state index in [1.54, 1.807) is 0 Å². The van der Waals surface area contributed by atoms with Crippen molar-refractivity contribution in [1.29, 1.82) is 0 Å². The Kier molecular flexibility index (Phi) is 4.42. The molecule has 3 heteroatoms. The maximum absolute atomic E-state index is 8.75. The van der Waals surface area contributed by atoms with Crippen LogP contribution in [0.4, 0.5) is 0 Å². The molecule has 0 amide bonds. The fourth-order valence-electron chi connectivity index (χ4n) is 3.01. The normalized spacial score (nSPS) is 26.2. The molecule has 0 radical (unpaired) electrons. The Morgan fingerprint density at radius 1 is 1.07 bits per heavy atom. The van der Waals surface area contributed by atoms with Crippen molar-refractivity contribution >= 4 is 0 Å². The summed E-state index contributed by atoms with van der Waals surface area (Å²) in [4.78, 5) is 2.68. The Balaban J connectivity index is 1.67. The highest BCUT2D eigenvalue weighted by Crippen LogP contribution is 2.25. The predicted octanol–water partition coefficient (Wildman–Crippen LogP) is 0.975. The summed E-state index contributed by atoms with van der Waals surface area (Å²) in [5.74, 6) is 0. The van der Waals surface area contributed by atoms with Gasteiger partial charge in [0.1, 0.15) is 0 Å². The van der Waals surface area contributed by atoms with E-state index in [2.05, 4.69) is 10.2 Å². The molecule has 0 spiro atoms. The maximum atomic E-state index is 8.75. The van der Waals surface area contributed by atoms with Crippen molar-refractivity contribution < 1.29 is 5.11 Å². The predicted molar refractivity (Wildman–Crippen MR) is 61.9 cm³/mol. The Morgan fingerprint density at radius 2 is 1.73 bits per heavy atom. The van der Waals surface area contributed by atoms with Crippen molar-refractivity contribution in [2.75, 3.05) is 26.2 Å². The molecule has 1 saturated carbocycles. The first-order valence-corrected chi connectivity index (χ1v) is 6.48. The lowest BCUT2D eigenvalue weighted by atomic mass is 10.0. The number of nitrogens with one attached hydrogen (secondary N) is 1. The summed E-state index contributed by atoms with van der Waals surface area (Å²) >= 11 is 0. The summed E-state index contributed by atoms with van der Waals surface area (Å²) < 4.78 is 0. The molecule has 88 valence electrons. The number of aliphatic hydroxyl groups excluding tert-OH is 1. The average Bonchev–Trinajstić information content (AvgIpc) is 2.80. The number of likely N-dealkylation sites (tertiary alicyclic amines) is 1. The van der Waals surface area contributed by atoms with Crippen molar-refractivity contribution in [3.05, 3.63) is 0 Å². The van der Waals surface area contributed by atoms with Crippen LogP contribution in [0, 0.1) is 0 Å². The van der Waals surface area contributed by atoms with E-state index in [0.717, 1.165) is 12.6 Å². The third-order valence-corrected chi connectivity index (χ3v) is 3.92. The lowest BCUT2D eigenvalue weighted by Crippen LogP contribution is -2.46. The van der Waals surface area contributed by atoms with Crippen molar-refractivity contribution in [3.63, 3.8) is 0 Å². The van der Waals surface area contributed by atoms with Gasteiger partial charge in [0.2, 0.25) is 0 Å². The Bertz CT molecular complexity index is 172. The molecule has 0 aromatic rings. The van der Waals surface area contributed by atoms with Gasteiger partial charge in [0.25, 0.3) is 0 Å². The molecule has 2 rings (SSSR count).